The van der Waals surface area contributed by atoms with Crippen molar-refractivity contribution in [3.63, 3.8) is 0 Å². The quantitative estimate of drug-likeness (QED) is 0.124. The van der Waals surface area contributed by atoms with Crippen molar-refractivity contribution >= 4 is 76.9 Å². The molecule has 0 fully saturated rings. The van der Waals surface area contributed by atoms with Gasteiger partial charge in [0.2, 0.25) is 0 Å². The number of hydrogen-bond donors (Lipinski definition) is 0. The van der Waals surface area contributed by atoms with E-state index in [2.05, 4.69) is 127 Å². The monoisotopic (exact) mass is 741 g/mol. The van der Waals surface area contributed by atoms with Crippen LogP contribution in [0.25, 0.3) is 107 Å². The van der Waals surface area contributed by atoms with Crippen molar-refractivity contribution in [2.24, 2.45) is 0 Å². The maximum absolute atomic E-state index is 9.00. The fraction of sp³-hybridized carbons (Fsp3) is 0. The third-order valence-corrected chi connectivity index (χ3v) is 13.1. The van der Waals surface area contributed by atoms with Crippen molar-refractivity contribution in [2.75, 3.05) is 0 Å². The summed E-state index contributed by atoms with van der Waals surface area (Å²) in [6, 6.07) is 56.8. The first-order valence-corrected chi connectivity index (χ1v) is 19.6. The molecule has 11 aromatic rings. The molecule has 0 amide bonds. The summed E-state index contributed by atoms with van der Waals surface area (Å²) in [7, 11) is 0. The van der Waals surface area contributed by atoms with E-state index < -0.39 is 6.04 Å². The van der Waals surface area contributed by atoms with Crippen LogP contribution in [0.15, 0.2) is 194 Å². The van der Waals surface area contributed by atoms with E-state index in [1.807, 2.05) is 36.4 Å². The van der Waals surface area contributed by atoms with E-state index in [4.69, 9.17) is 6.85 Å². The van der Waals surface area contributed by atoms with Gasteiger partial charge < -0.3 is 0 Å². The summed E-state index contributed by atoms with van der Waals surface area (Å²) in [4.78, 5) is 0. The van der Waals surface area contributed by atoms with Crippen LogP contribution in [0.1, 0.15) is 6.85 Å². The molecule has 0 saturated heterocycles. The third-order valence-electron chi connectivity index (χ3n) is 10.7. The molecule has 0 bridgehead atoms. The molecule has 1 heterocycles. The molecule has 0 unspecified atom stereocenters. The van der Waals surface area contributed by atoms with Crippen molar-refractivity contribution < 1.29 is 6.85 Å². The van der Waals surface area contributed by atoms with E-state index in [0.29, 0.717) is 5.56 Å². The molecule has 0 atom stereocenters. The SMILES string of the molecule is [2H]c1c([2H])c([2H])c(-c2c3ccccc3c(-c3cccc4[se]c5ccc(-c6c7ccccc7c(-c7ccccc7)c7ccccc67)cc5c34)c3ccccc23)c([2H])c1[2H]. The van der Waals surface area contributed by atoms with Gasteiger partial charge in [0.15, 0.2) is 0 Å². The minimum atomic E-state index is -0.392. The summed E-state index contributed by atoms with van der Waals surface area (Å²) in [6.45, 7) is 0. The summed E-state index contributed by atoms with van der Waals surface area (Å²) in [6.07, 6.45) is 0. The van der Waals surface area contributed by atoms with Gasteiger partial charge in [-0.15, -0.1) is 0 Å². The Kier molecular flexibility index (Phi) is 5.90. The zero-order valence-corrected chi connectivity index (χ0v) is 30.2. The Morgan fingerprint density at radius 2 is 0.792 bits per heavy atom. The predicted octanol–water partition coefficient (Wildman–Crippen LogP) is 14.3. The molecule has 246 valence electrons. The van der Waals surface area contributed by atoms with E-state index in [0.717, 1.165) is 32.7 Å². The average Bonchev–Trinajstić information content (AvgIpc) is 3.65. The van der Waals surface area contributed by atoms with Gasteiger partial charge in [-0.1, -0.05) is 0 Å². The molecule has 0 spiro atoms. The number of fused-ring (bicyclic) bond motifs is 7. The van der Waals surface area contributed by atoms with Crippen LogP contribution >= 0.6 is 0 Å². The van der Waals surface area contributed by atoms with Crippen molar-refractivity contribution in [2.45, 2.75) is 0 Å². The van der Waals surface area contributed by atoms with Crippen LogP contribution in [0.3, 0.4) is 0 Å². The molecule has 0 nitrogen and oxygen atoms in total. The molecule has 0 saturated carbocycles. The van der Waals surface area contributed by atoms with Crippen LogP contribution in [0, 0.1) is 0 Å². The Balaban J connectivity index is 1.23. The summed E-state index contributed by atoms with van der Waals surface area (Å²) in [5.41, 5.74) is 7.94. The molecule has 1 aromatic heterocycles. The van der Waals surface area contributed by atoms with Crippen molar-refractivity contribution in [1.29, 1.82) is 0 Å². The van der Waals surface area contributed by atoms with Crippen molar-refractivity contribution in [3.05, 3.63) is 194 Å². The van der Waals surface area contributed by atoms with Gasteiger partial charge in [0, 0.05) is 0 Å². The first-order chi connectivity index (χ1) is 28.4. The van der Waals surface area contributed by atoms with E-state index in [1.165, 1.54) is 63.1 Å². The molecule has 53 heavy (non-hydrogen) atoms. The Morgan fingerprint density at radius 3 is 1.34 bits per heavy atom. The van der Waals surface area contributed by atoms with Crippen LogP contribution < -0.4 is 0 Å². The zero-order chi connectivity index (χ0) is 39.2. The van der Waals surface area contributed by atoms with Gasteiger partial charge >= 0.3 is 322 Å². The maximum atomic E-state index is 9.00. The van der Waals surface area contributed by atoms with Gasteiger partial charge in [0.05, 0.1) is 0 Å². The minimum absolute atomic E-state index is 0.0966. The van der Waals surface area contributed by atoms with E-state index in [1.54, 1.807) is 0 Å². The normalized spacial score (nSPS) is 13.1. The van der Waals surface area contributed by atoms with Gasteiger partial charge in [-0.3, -0.25) is 0 Å². The van der Waals surface area contributed by atoms with Crippen molar-refractivity contribution in [1.82, 2.24) is 0 Å². The molecular formula is C52H32Se. The van der Waals surface area contributed by atoms with Crippen LogP contribution in [0.4, 0.5) is 0 Å². The van der Waals surface area contributed by atoms with Crippen LogP contribution in [-0.4, -0.2) is 14.5 Å². The van der Waals surface area contributed by atoms with Gasteiger partial charge in [0.1, 0.15) is 0 Å². The second-order valence-corrected chi connectivity index (χ2v) is 15.8. The Hall–Kier alpha value is -6.24. The number of rotatable bonds is 4. The topological polar surface area (TPSA) is 0 Å². The zero-order valence-electron chi connectivity index (χ0n) is 33.5. The predicted molar refractivity (Wildman–Crippen MR) is 230 cm³/mol. The molecule has 0 aliphatic heterocycles. The average molecular weight is 741 g/mol. The first-order valence-electron chi connectivity index (χ1n) is 20.4. The van der Waals surface area contributed by atoms with Gasteiger partial charge in [-0.25, -0.2) is 0 Å². The molecular weight excluding hydrogens is 704 g/mol. The fourth-order valence-corrected chi connectivity index (χ4v) is 10.9. The molecule has 10 aromatic carbocycles. The van der Waals surface area contributed by atoms with E-state index in [-0.39, 0.29) is 44.2 Å². The summed E-state index contributed by atoms with van der Waals surface area (Å²) >= 11 is 0.0966. The van der Waals surface area contributed by atoms with Crippen LogP contribution in [-0.2, 0) is 0 Å². The van der Waals surface area contributed by atoms with Crippen molar-refractivity contribution in [3.8, 4) is 44.5 Å². The molecule has 0 aliphatic rings. The van der Waals surface area contributed by atoms with Gasteiger partial charge in [-0.2, -0.15) is 0 Å². The molecule has 0 radical (unpaired) electrons. The fourth-order valence-electron chi connectivity index (χ4n) is 8.61. The molecule has 0 N–H and O–H groups in total. The summed E-state index contributed by atoms with van der Waals surface area (Å²) < 4.78 is 46.1. The standard InChI is InChI=1S/C52H32Se/c1-3-16-33(17-4-1)48-36-20-7-9-22-38(36)50(39-23-10-8-21-37(39)48)35-30-31-46-45(32-35)52-44(28-15-29-47(52)53-46)51-42-26-13-11-24-40(42)49(34-18-5-2-6-19-34)41-25-12-14-27-43(41)51/h1-32H/i2D,5D,6D,18D,19D. The number of benzene rings is 10. The van der Waals surface area contributed by atoms with Crippen LogP contribution in [0.5, 0.6) is 0 Å². The first kappa shape index (κ1) is 25.7. The third kappa shape index (κ3) is 4.69. The Morgan fingerprint density at radius 1 is 0.321 bits per heavy atom. The van der Waals surface area contributed by atoms with Gasteiger partial charge in [-0.05, 0) is 0 Å². The Bertz CT molecular complexity index is 3370. The molecule has 1 heteroatoms. The van der Waals surface area contributed by atoms with Gasteiger partial charge in [0.25, 0.3) is 0 Å². The summed E-state index contributed by atoms with van der Waals surface area (Å²) in [5, 5.41) is 11.0. The van der Waals surface area contributed by atoms with E-state index >= 15 is 0 Å². The second kappa shape index (κ2) is 12.2. The van der Waals surface area contributed by atoms with E-state index in [9.17, 15) is 0 Å². The van der Waals surface area contributed by atoms with Crippen LogP contribution in [0.2, 0.25) is 0 Å². The molecule has 11 rings (SSSR count). The molecule has 0 aliphatic carbocycles. The summed E-state index contributed by atoms with van der Waals surface area (Å²) in [5.74, 6) is 0. The Labute approximate surface area is 321 Å². The number of hydrogen-bond acceptors (Lipinski definition) is 0. The second-order valence-electron chi connectivity index (χ2n) is 13.5.